The van der Waals surface area contributed by atoms with Crippen molar-refractivity contribution in [1.82, 2.24) is 4.57 Å². The molecule has 2 heterocycles. The molecule has 0 amide bonds. The molecule has 1 nitrogen and oxygen atoms in total. The van der Waals surface area contributed by atoms with E-state index >= 15 is 0 Å². The number of rotatable bonds is 3. The third-order valence-corrected chi connectivity index (χ3v) is 9.01. The van der Waals surface area contributed by atoms with Crippen molar-refractivity contribution in [1.29, 1.82) is 0 Å². The van der Waals surface area contributed by atoms with Crippen molar-refractivity contribution in [3.63, 3.8) is 0 Å². The highest BCUT2D eigenvalue weighted by atomic mass is 32.1. The van der Waals surface area contributed by atoms with E-state index in [9.17, 15) is 0 Å². The average Bonchev–Trinajstić information content (AvgIpc) is 3.53. The topological polar surface area (TPSA) is 4.93 Å². The summed E-state index contributed by atoms with van der Waals surface area (Å²) in [6, 6.07) is 42.4. The summed E-state index contributed by atoms with van der Waals surface area (Å²) in [6.45, 7) is 0. The molecule has 38 heavy (non-hydrogen) atoms. The first-order chi connectivity index (χ1) is 18.8. The van der Waals surface area contributed by atoms with Crippen LogP contribution in [0.25, 0.3) is 65.1 Å². The summed E-state index contributed by atoms with van der Waals surface area (Å²) in [7, 11) is 0. The second-order valence-electron chi connectivity index (χ2n) is 10.1. The lowest BCUT2D eigenvalue weighted by atomic mass is 9.97. The zero-order valence-electron chi connectivity index (χ0n) is 20.9. The Morgan fingerprint density at radius 1 is 0.553 bits per heavy atom. The first-order valence-corrected chi connectivity index (χ1v) is 14.1. The number of allylic oxidation sites excluding steroid dienone is 1. The molecule has 2 aromatic heterocycles. The van der Waals surface area contributed by atoms with Gasteiger partial charge in [0.25, 0.3) is 0 Å². The number of nitrogens with zero attached hydrogens (tertiary/aromatic N) is 1. The summed E-state index contributed by atoms with van der Waals surface area (Å²) in [5.74, 6) is 0. The van der Waals surface area contributed by atoms with Crippen LogP contribution in [0, 0.1) is 0 Å². The molecular weight excluding hydrogens is 478 g/mol. The highest BCUT2D eigenvalue weighted by Crippen LogP contribution is 2.38. The fraction of sp³-hybridized carbons (Fsp3) is 0.0556. The molecule has 0 atom stereocenters. The van der Waals surface area contributed by atoms with E-state index in [1.807, 2.05) is 11.3 Å². The number of benzene rings is 5. The van der Waals surface area contributed by atoms with Crippen LogP contribution in [0.15, 0.2) is 121 Å². The summed E-state index contributed by atoms with van der Waals surface area (Å²) in [5.41, 5.74) is 10.3. The van der Waals surface area contributed by atoms with Crippen molar-refractivity contribution in [2.75, 3.05) is 0 Å². The van der Waals surface area contributed by atoms with E-state index in [-0.39, 0.29) is 0 Å². The van der Waals surface area contributed by atoms with Crippen molar-refractivity contribution in [3.8, 4) is 27.9 Å². The zero-order valence-corrected chi connectivity index (χ0v) is 21.7. The van der Waals surface area contributed by atoms with Gasteiger partial charge in [-0.2, -0.15) is 0 Å². The molecule has 180 valence electrons. The third-order valence-electron chi connectivity index (χ3n) is 7.86. The lowest BCUT2D eigenvalue weighted by molar-refractivity contribution is 0.889. The second kappa shape index (κ2) is 8.58. The first-order valence-electron chi connectivity index (χ1n) is 13.2. The first kappa shape index (κ1) is 21.7. The Labute approximate surface area is 225 Å². The van der Waals surface area contributed by atoms with Gasteiger partial charge in [-0.25, -0.2) is 0 Å². The van der Waals surface area contributed by atoms with Crippen molar-refractivity contribution < 1.29 is 0 Å². The molecule has 0 bridgehead atoms. The smallest absolute Gasteiger partial charge is 0.0537 e. The molecule has 0 fully saturated rings. The lowest BCUT2D eigenvalue weighted by Gasteiger charge is -2.15. The largest absolute Gasteiger partial charge is 0.313 e. The van der Waals surface area contributed by atoms with Gasteiger partial charge in [0.1, 0.15) is 0 Å². The predicted octanol–water partition coefficient (Wildman–Crippen LogP) is 10.3. The monoisotopic (exact) mass is 503 g/mol. The van der Waals surface area contributed by atoms with E-state index in [0.717, 1.165) is 12.8 Å². The van der Waals surface area contributed by atoms with Gasteiger partial charge < -0.3 is 4.57 Å². The zero-order chi connectivity index (χ0) is 25.1. The summed E-state index contributed by atoms with van der Waals surface area (Å²) < 4.78 is 5.16. The maximum atomic E-state index is 2.47. The summed E-state index contributed by atoms with van der Waals surface area (Å²) in [5, 5.41) is 4.02. The number of fused-ring (bicyclic) bond motifs is 6. The number of para-hydroxylation sites is 1. The van der Waals surface area contributed by atoms with E-state index < -0.39 is 0 Å². The molecule has 0 N–H and O–H groups in total. The molecule has 7 aromatic rings. The number of aromatic nitrogens is 1. The van der Waals surface area contributed by atoms with Gasteiger partial charge in [-0.1, -0.05) is 84.9 Å². The standard InChI is InChI=1S/C36H25NS/c1-4-16-33-29(13-1)30-14-2-5-17-34(30)37(33)28-12-8-11-26(22-28)24-9-7-10-25(21-24)27-19-20-36-32(23-27)31-15-3-6-18-35(31)38-36/h1-4,6-16,18-23H,5,17H2. The molecule has 5 aromatic carbocycles. The van der Waals surface area contributed by atoms with Gasteiger partial charge in [0.2, 0.25) is 0 Å². The molecule has 0 spiro atoms. The van der Waals surface area contributed by atoms with Crippen molar-refractivity contribution in [2.24, 2.45) is 0 Å². The van der Waals surface area contributed by atoms with E-state index in [2.05, 4.69) is 132 Å². The summed E-state index contributed by atoms with van der Waals surface area (Å²) in [4.78, 5) is 0. The Morgan fingerprint density at radius 2 is 1.26 bits per heavy atom. The number of thiophene rings is 1. The van der Waals surface area contributed by atoms with Gasteiger partial charge in [0.15, 0.2) is 0 Å². The van der Waals surface area contributed by atoms with Crippen LogP contribution in [0.3, 0.4) is 0 Å². The molecular formula is C36H25NS. The second-order valence-corrected chi connectivity index (χ2v) is 11.2. The van der Waals surface area contributed by atoms with E-state index in [0.29, 0.717) is 0 Å². The predicted molar refractivity (Wildman–Crippen MR) is 164 cm³/mol. The van der Waals surface area contributed by atoms with Gasteiger partial charge in [-0.15, -0.1) is 11.3 Å². The molecule has 0 unspecified atom stereocenters. The Kier molecular flexibility index (Phi) is 4.89. The fourth-order valence-electron chi connectivity index (χ4n) is 6.07. The normalized spacial score (nSPS) is 12.9. The molecule has 1 aliphatic rings. The van der Waals surface area contributed by atoms with Crippen LogP contribution in [-0.4, -0.2) is 4.57 Å². The molecule has 0 radical (unpaired) electrons. The van der Waals surface area contributed by atoms with Gasteiger partial charge in [0.05, 0.1) is 5.52 Å². The molecule has 0 saturated carbocycles. The Balaban J connectivity index is 1.24. The van der Waals surface area contributed by atoms with E-state index in [1.165, 1.54) is 70.3 Å². The summed E-state index contributed by atoms with van der Waals surface area (Å²) >= 11 is 1.87. The van der Waals surface area contributed by atoms with Crippen LogP contribution < -0.4 is 0 Å². The quantitative estimate of drug-likeness (QED) is 0.226. The molecule has 0 saturated heterocycles. The molecule has 1 aliphatic carbocycles. The van der Waals surface area contributed by atoms with Gasteiger partial charge in [-0.3, -0.25) is 0 Å². The minimum atomic E-state index is 1.07. The highest BCUT2D eigenvalue weighted by Gasteiger charge is 2.18. The number of hydrogen-bond acceptors (Lipinski definition) is 1. The molecule has 8 rings (SSSR count). The van der Waals surface area contributed by atoms with Crippen molar-refractivity contribution >= 4 is 48.5 Å². The van der Waals surface area contributed by atoms with Crippen molar-refractivity contribution in [3.05, 3.63) is 133 Å². The van der Waals surface area contributed by atoms with Gasteiger partial charge in [0, 0.05) is 42.5 Å². The van der Waals surface area contributed by atoms with Crippen LogP contribution in [0.2, 0.25) is 0 Å². The van der Waals surface area contributed by atoms with Crippen LogP contribution in [0.1, 0.15) is 17.7 Å². The van der Waals surface area contributed by atoms with Gasteiger partial charge in [-0.05, 0) is 77.6 Å². The Bertz CT molecular complexity index is 2030. The van der Waals surface area contributed by atoms with Crippen molar-refractivity contribution in [2.45, 2.75) is 12.8 Å². The molecule has 0 aliphatic heterocycles. The molecule has 2 heteroatoms. The van der Waals surface area contributed by atoms with Gasteiger partial charge >= 0.3 is 0 Å². The van der Waals surface area contributed by atoms with Crippen LogP contribution in [-0.2, 0) is 6.42 Å². The maximum absolute atomic E-state index is 2.47. The maximum Gasteiger partial charge on any atom is 0.0537 e. The van der Waals surface area contributed by atoms with E-state index in [4.69, 9.17) is 0 Å². The highest BCUT2D eigenvalue weighted by molar-refractivity contribution is 7.25. The fourth-order valence-corrected chi connectivity index (χ4v) is 7.16. The minimum absolute atomic E-state index is 1.07. The SMILES string of the molecule is C1=Cc2c(n(-c3cccc(-c4cccc(-c5ccc6sc7ccccc7c6c5)c4)c3)c3ccccc23)CC1. The van der Waals surface area contributed by atoms with Crippen LogP contribution >= 0.6 is 11.3 Å². The Hall–Kier alpha value is -4.40. The average molecular weight is 504 g/mol. The summed E-state index contributed by atoms with van der Waals surface area (Å²) in [6.07, 6.45) is 6.77. The van der Waals surface area contributed by atoms with Crippen LogP contribution in [0.4, 0.5) is 0 Å². The van der Waals surface area contributed by atoms with E-state index in [1.54, 1.807) is 0 Å². The Morgan fingerprint density at radius 3 is 2.16 bits per heavy atom. The lowest BCUT2D eigenvalue weighted by Crippen LogP contribution is -2.03. The number of hydrogen-bond donors (Lipinski definition) is 0. The van der Waals surface area contributed by atoms with Crippen LogP contribution in [0.5, 0.6) is 0 Å². The third kappa shape index (κ3) is 3.38. The minimum Gasteiger partial charge on any atom is -0.313 e.